The lowest BCUT2D eigenvalue weighted by atomic mass is 9.83. The van der Waals surface area contributed by atoms with E-state index >= 15 is 0 Å². The third-order valence-electron chi connectivity index (χ3n) is 6.83. The molecule has 8 nitrogen and oxygen atoms in total. The predicted molar refractivity (Wildman–Crippen MR) is 122 cm³/mol. The number of hydrogen-bond acceptors (Lipinski definition) is 7. The zero-order valence-corrected chi connectivity index (χ0v) is 20.7. The molecule has 3 aromatic rings. The minimum Gasteiger partial charge on any atom is -1.00 e. The van der Waals surface area contributed by atoms with Gasteiger partial charge < -0.3 is 26.8 Å². The van der Waals surface area contributed by atoms with Gasteiger partial charge in [-0.3, -0.25) is 5.32 Å². The highest BCUT2D eigenvalue weighted by Gasteiger charge is 2.54. The Hall–Kier alpha value is -2.66. The number of halogens is 1. The van der Waals surface area contributed by atoms with Gasteiger partial charge in [0.15, 0.2) is 11.9 Å². The van der Waals surface area contributed by atoms with Crippen LogP contribution < -0.4 is 22.3 Å². The topological polar surface area (TPSA) is 101 Å². The van der Waals surface area contributed by atoms with Gasteiger partial charge in [-0.05, 0) is 34.5 Å². The Bertz CT molecular complexity index is 1120. The number of carbonyl (C=O) groups excluding carboxylic acids is 2. The fraction of sp³-hybridized carbons (Fsp3) is 0.333. The Morgan fingerprint density at radius 3 is 2.50 bits per heavy atom. The molecule has 3 fully saturated rings. The number of nitrogens with one attached hydrogen (secondary N) is 1. The van der Waals surface area contributed by atoms with Gasteiger partial charge in [-0.15, -0.1) is 5.10 Å². The van der Waals surface area contributed by atoms with Crippen LogP contribution in [0.3, 0.4) is 0 Å². The normalized spacial score (nSPS) is 25.0. The number of ether oxygens (including phenoxy) is 1. The van der Waals surface area contributed by atoms with E-state index in [1.807, 2.05) is 11.4 Å². The van der Waals surface area contributed by atoms with Crippen LogP contribution in [0.25, 0.3) is 0 Å². The van der Waals surface area contributed by atoms with E-state index < -0.39 is 17.7 Å². The first-order chi connectivity index (χ1) is 16.0. The van der Waals surface area contributed by atoms with Crippen LogP contribution in [0, 0.1) is 5.92 Å². The largest absolute Gasteiger partial charge is 1.00 e. The zero-order valence-electron chi connectivity index (χ0n) is 18.3. The highest BCUT2D eigenvalue weighted by molar-refractivity contribution is 7.08. The smallest absolute Gasteiger partial charge is 0.422 e. The van der Waals surface area contributed by atoms with Gasteiger partial charge in [0.05, 0.1) is 13.1 Å². The lowest BCUT2D eigenvalue weighted by molar-refractivity contribution is -0.869. The second-order valence-electron chi connectivity index (χ2n) is 8.68. The average molecular weight is 545 g/mol. The molecule has 2 atom stereocenters. The number of quaternary nitrogens is 1. The molecule has 10 heteroatoms. The number of carbonyl (C=O) groups is 2. The van der Waals surface area contributed by atoms with Crippen LogP contribution in [0.1, 0.15) is 24.0 Å². The number of fused-ring (bicyclic) bond motifs is 3. The van der Waals surface area contributed by atoms with E-state index in [0.29, 0.717) is 36.6 Å². The summed E-state index contributed by atoms with van der Waals surface area (Å²) in [5.41, 5.74) is -0.965. The quantitative estimate of drug-likeness (QED) is 0.350. The number of aliphatic hydroxyl groups is 1. The van der Waals surface area contributed by atoms with Crippen molar-refractivity contribution in [2.24, 2.45) is 5.92 Å². The lowest BCUT2D eigenvalue weighted by Crippen LogP contribution is -3.00. The Morgan fingerprint density at radius 1 is 1.09 bits per heavy atom. The summed E-state index contributed by atoms with van der Waals surface area (Å²) >= 11 is 1.41. The summed E-state index contributed by atoms with van der Waals surface area (Å²) in [4.78, 5) is 26.7. The SMILES string of the molecule is O=C(OC1C[N+]2(C(=O)Nc3cccnn3)CCC1CC2)[C@@](O)(c1ccccc1)c1ccsc1.[Br-]. The minimum atomic E-state index is -1.90. The van der Waals surface area contributed by atoms with E-state index in [9.17, 15) is 14.7 Å². The molecule has 2 amide bonds. The molecule has 0 spiro atoms. The van der Waals surface area contributed by atoms with E-state index in [1.54, 1.807) is 54.0 Å². The number of hydrogen-bond donors (Lipinski definition) is 2. The second kappa shape index (κ2) is 9.91. The number of anilines is 1. The van der Waals surface area contributed by atoms with Crippen molar-refractivity contribution in [2.45, 2.75) is 24.5 Å². The molecule has 178 valence electrons. The van der Waals surface area contributed by atoms with Crippen molar-refractivity contribution in [2.75, 3.05) is 25.0 Å². The maximum Gasteiger partial charge on any atom is 0.422 e. The third kappa shape index (κ3) is 4.38. The fourth-order valence-corrected chi connectivity index (χ4v) is 5.62. The van der Waals surface area contributed by atoms with Crippen molar-refractivity contribution in [3.05, 3.63) is 76.6 Å². The van der Waals surface area contributed by atoms with Crippen molar-refractivity contribution >= 4 is 29.2 Å². The van der Waals surface area contributed by atoms with E-state index in [2.05, 4.69) is 15.5 Å². The zero-order chi connectivity index (χ0) is 22.9. The molecule has 3 aliphatic heterocycles. The van der Waals surface area contributed by atoms with Gasteiger partial charge in [-0.25, -0.2) is 14.1 Å². The summed E-state index contributed by atoms with van der Waals surface area (Å²) in [6.07, 6.45) is 2.63. The second-order valence-corrected chi connectivity index (χ2v) is 9.46. The number of rotatable bonds is 5. The molecule has 0 aliphatic carbocycles. The number of urea groups is 1. The molecule has 2 N–H and O–H groups in total. The van der Waals surface area contributed by atoms with Crippen LogP contribution in [0.15, 0.2) is 65.5 Å². The van der Waals surface area contributed by atoms with Crippen LogP contribution in [0.5, 0.6) is 0 Å². The van der Waals surface area contributed by atoms with Gasteiger partial charge in [0.2, 0.25) is 5.60 Å². The van der Waals surface area contributed by atoms with Crippen LogP contribution >= 0.6 is 11.3 Å². The van der Waals surface area contributed by atoms with Crippen molar-refractivity contribution in [1.29, 1.82) is 0 Å². The lowest BCUT2D eigenvalue weighted by Gasteiger charge is -2.49. The molecule has 1 aromatic carbocycles. The summed E-state index contributed by atoms with van der Waals surface area (Å²) in [6.45, 7) is 1.73. The van der Waals surface area contributed by atoms with Crippen molar-refractivity contribution in [3.8, 4) is 0 Å². The molecule has 0 radical (unpaired) electrons. The van der Waals surface area contributed by atoms with Gasteiger partial charge in [-0.1, -0.05) is 30.3 Å². The van der Waals surface area contributed by atoms with Gasteiger partial charge in [0, 0.05) is 30.5 Å². The Morgan fingerprint density at radius 2 is 1.85 bits per heavy atom. The van der Waals surface area contributed by atoms with Gasteiger partial charge in [0.1, 0.15) is 6.54 Å². The number of piperidine rings is 3. The first kappa shape index (κ1) is 24.5. The maximum atomic E-state index is 13.5. The van der Waals surface area contributed by atoms with Crippen LogP contribution in [0.2, 0.25) is 0 Å². The molecular weight excluding hydrogens is 520 g/mol. The maximum absolute atomic E-state index is 13.5. The van der Waals surface area contributed by atoms with Crippen molar-refractivity contribution < 1.29 is 40.9 Å². The molecule has 3 aliphatic rings. The van der Waals surface area contributed by atoms with Crippen molar-refractivity contribution in [1.82, 2.24) is 10.2 Å². The standard InChI is InChI=1S/C24H24N4O4S.BrH/c29-22(24(31,19-10-14-33-16-19)18-5-2-1-3-6-18)32-20-15-28(12-8-17(20)9-13-28)23(30)26-21-7-4-11-25-27-21;/h1-7,10-11,14,16-17,20,31H,8-9,12-13,15H2;1H/t17?,20?,24-,28?;/m1./s1. The van der Waals surface area contributed by atoms with E-state index in [4.69, 9.17) is 4.74 Å². The monoisotopic (exact) mass is 544 g/mol. The number of thiophene rings is 1. The summed E-state index contributed by atoms with van der Waals surface area (Å²) < 4.78 is 6.16. The Kier molecular flexibility index (Phi) is 7.13. The van der Waals surface area contributed by atoms with E-state index in [1.165, 1.54) is 11.3 Å². The molecule has 1 unspecified atom stereocenters. The fourth-order valence-electron chi connectivity index (χ4n) is 4.92. The highest BCUT2D eigenvalue weighted by atomic mass is 79.9. The van der Waals surface area contributed by atoms with Gasteiger partial charge in [-0.2, -0.15) is 16.4 Å². The predicted octanol–water partition coefficient (Wildman–Crippen LogP) is 0.162. The van der Waals surface area contributed by atoms with Crippen LogP contribution in [-0.2, 0) is 15.1 Å². The molecule has 34 heavy (non-hydrogen) atoms. The third-order valence-corrected chi connectivity index (χ3v) is 7.52. The summed E-state index contributed by atoms with van der Waals surface area (Å²) in [5.74, 6) is -0.147. The molecule has 0 saturated carbocycles. The Labute approximate surface area is 211 Å². The minimum absolute atomic E-state index is 0. The molecule has 2 bridgehead atoms. The first-order valence-electron chi connectivity index (χ1n) is 11.0. The molecule has 3 saturated heterocycles. The van der Waals surface area contributed by atoms with Crippen LogP contribution in [-0.4, -0.2) is 57.5 Å². The van der Waals surface area contributed by atoms with Gasteiger partial charge in [0.25, 0.3) is 0 Å². The number of benzene rings is 1. The van der Waals surface area contributed by atoms with Gasteiger partial charge >= 0.3 is 12.0 Å². The summed E-state index contributed by atoms with van der Waals surface area (Å²) in [6, 6.07) is 13.8. The molecular formula is C24H25BrN4O4S. The number of esters is 1. The van der Waals surface area contributed by atoms with Crippen LogP contribution in [0.4, 0.5) is 10.6 Å². The van der Waals surface area contributed by atoms with E-state index in [0.717, 1.165) is 12.8 Å². The number of aromatic nitrogens is 2. The van der Waals surface area contributed by atoms with Crippen molar-refractivity contribution in [3.63, 3.8) is 0 Å². The molecule has 5 heterocycles. The molecule has 2 aromatic heterocycles. The average Bonchev–Trinajstić information content (AvgIpc) is 3.41. The summed E-state index contributed by atoms with van der Waals surface area (Å²) in [7, 11) is 0. The first-order valence-corrected chi connectivity index (χ1v) is 11.9. The Balaban J connectivity index is 0.00000274. The molecule has 6 rings (SSSR count). The number of amides is 2. The summed E-state index contributed by atoms with van der Waals surface area (Å²) in [5, 5.41) is 25.8. The highest BCUT2D eigenvalue weighted by Crippen LogP contribution is 2.39. The van der Waals surface area contributed by atoms with E-state index in [-0.39, 0.29) is 33.4 Å². The number of nitrogens with zero attached hydrogens (tertiary/aromatic N) is 3.